The number of hydrogen-bond donors (Lipinski definition) is 8. The van der Waals surface area contributed by atoms with Crippen LogP contribution in [0.5, 0.6) is 11.5 Å². The van der Waals surface area contributed by atoms with Gasteiger partial charge in [-0.05, 0) is 29.4 Å². The lowest BCUT2D eigenvalue weighted by molar-refractivity contribution is -0.277. The molecule has 3 aliphatic heterocycles. The first-order valence-corrected chi connectivity index (χ1v) is 11.7. The standard InChI is InChI=1S/C24H26N2O13/c27-8-17-18(29)19(30)20(31)24(39-17)38-16-7-13-10(6-15(16)28)5-14(23(36)37)26(13)2-1-9-3-11(21(32)33)25-12(4-9)22(34)35/h1-3,6-7,12,14,17-20,24,27-31H,4-5,8H2,(H,32,33)(H,34,35)(H,36,37)/b2-1+/t12-,14-,17+,18+,19-,20+,24+/m0/s1. The van der Waals surface area contributed by atoms with Crippen LogP contribution in [0.25, 0.3) is 0 Å². The van der Waals surface area contributed by atoms with Gasteiger partial charge in [0.25, 0.3) is 0 Å². The Labute approximate surface area is 219 Å². The Hall–Kier alpha value is -4.02. The fourth-order valence-corrected chi connectivity index (χ4v) is 4.51. The Morgan fingerprint density at radius 1 is 1.05 bits per heavy atom. The Morgan fingerprint density at radius 2 is 1.77 bits per heavy atom. The highest BCUT2D eigenvalue weighted by Crippen LogP contribution is 2.42. The molecule has 8 N–H and O–H groups in total. The molecule has 0 spiro atoms. The van der Waals surface area contributed by atoms with Crippen molar-refractivity contribution in [1.29, 1.82) is 0 Å². The third kappa shape index (κ3) is 5.57. The number of ether oxygens (including phenoxy) is 2. The van der Waals surface area contributed by atoms with Crippen LogP contribution in [0.4, 0.5) is 5.69 Å². The Kier molecular flexibility index (Phi) is 7.89. The summed E-state index contributed by atoms with van der Waals surface area (Å²) in [4.78, 5) is 39.8. The number of anilines is 1. The number of aliphatic hydroxyl groups is 4. The molecule has 15 nitrogen and oxygen atoms in total. The van der Waals surface area contributed by atoms with Crippen molar-refractivity contribution >= 4 is 29.3 Å². The number of benzene rings is 1. The number of phenols is 1. The molecule has 3 aliphatic rings. The summed E-state index contributed by atoms with van der Waals surface area (Å²) in [7, 11) is 0. The second-order valence-electron chi connectivity index (χ2n) is 9.14. The summed E-state index contributed by atoms with van der Waals surface area (Å²) in [5.74, 6) is -4.69. The zero-order chi connectivity index (χ0) is 28.6. The van der Waals surface area contributed by atoms with E-state index < -0.39 is 78.8 Å². The maximum absolute atomic E-state index is 12.0. The quantitative estimate of drug-likeness (QED) is 0.178. The van der Waals surface area contributed by atoms with E-state index in [0.29, 0.717) is 5.56 Å². The largest absolute Gasteiger partial charge is 0.504 e. The molecule has 0 unspecified atom stereocenters. The molecule has 0 aromatic heterocycles. The summed E-state index contributed by atoms with van der Waals surface area (Å²) >= 11 is 0. The lowest BCUT2D eigenvalue weighted by Crippen LogP contribution is -2.60. The van der Waals surface area contributed by atoms with Gasteiger partial charge >= 0.3 is 17.9 Å². The van der Waals surface area contributed by atoms with E-state index in [-0.39, 0.29) is 29.9 Å². The van der Waals surface area contributed by atoms with E-state index >= 15 is 0 Å². The summed E-state index contributed by atoms with van der Waals surface area (Å²) in [6.45, 7) is -0.702. The fourth-order valence-electron chi connectivity index (χ4n) is 4.51. The van der Waals surface area contributed by atoms with Crippen molar-refractivity contribution in [3.05, 3.63) is 41.6 Å². The summed E-state index contributed by atoms with van der Waals surface area (Å²) < 4.78 is 10.8. The molecular formula is C24H26N2O13. The Bertz CT molecular complexity index is 1260. The van der Waals surface area contributed by atoms with Crippen molar-refractivity contribution in [2.24, 2.45) is 4.99 Å². The highest BCUT2D eigenvalue weighted by atomic mass is 16.7. The smallest absolute Gasteiger partial charge is 0.354 e. The number of nitrogens with zero attached hydrogens (tertiary/aromatic N) is 2. The molecule has 0 aliphatic carbocycles. The molecular weight excluding hydrogens is 524 g/mol. The lowest BCUT2D eigenvalue weighted by atomic mass is 9.99. The summed E-state index contributed by atoms with van der Waals surface area (Å²) in [6, 6.07) is 0.0231. The van der Waals surface area contributed by atoms with Crippen LogP contribution in [0.2, 0.25) is 0 Å². The summed E-state index contributed by atoms with van der Waals surface area (Å²) in [5, 5.41) is 78.4. The highest BCUT2D eigenvalue weighted by molar-refractivity contribution is 6.41. The van der Waals surface area contributed by atoms with Crippen molar-refractivity contribution in [3.8, 4) is 11.5 Å². The molecule has 0 amide bonds. The number of carboxylic acids is 3. The number of fused-ring (bicyclic) bond motifs is 1. The van der Waals surface area contributed by atoms with Crippen LogP contribution in [0.1, 0.15) is 12.0 Å². The molecule has 1 aromatic carbocycles. The second-order valence-corrected chi connectivity index (χ2v) is 9.14. The number of aromatic hydroxyl groups is 1. The van der Waals surface area contributed by atoms with Crippen molar-refractivity contribution < 1.29 is 64.7 Å². The van der Waals surface area contributed by atoms with Crippen molar-refractivity contribution in [2.75, 3.05) is 11.5 Å². The highest BCUT2D eigenvalue weighted by Gasteiger charge is 2.45. The van der Waals surface area contributed by atoms with E-state index in [1.165, 1.54) is 35.4 Å². The number of aliphatic carboxylic acids is 3. The molecule has 7 atom stereocenters. The van der Waals surface area contributed by atoms with Crippen LogP contribution in [0.3, 0.4) is 0 Å². The summed E-state index contributed by atoms with van der Waals surface area (Å²) in [6.07, 6.45) is -4.30. The third-order valence-corrected chi connectivity index (χ3v) is 6.56. The lowest BCUT2D eigenvalue weighted by Gasteiger charge is -2.39. The number of rotatable bonds is 8. The monoisotopic (exact) mass is 550 g/mol. The topological polar surface area (TPSA) is 247 Å². The van der Waals surface area contributed by atoms with Crippen molar-refractivity contribution in [3.63, 3.8) is 0 Å². The number of dihydropyridines is 1. The van der Waals surface area contributed by atoms with Crippen LogP contribution < -0.4 is 9.64 Å². The molecule has 1 aromatic rings. The molecule has 0 saturated carbocycles. The van der Waals surface area contributed by atoms with E-state index in [9.17, 15) is 55.2 Å². The zero-order valence-electron chi connectivity index (χ0n) is 20.1. The van der Waals surface area contributed by atoms with Crippen LogP contribution >= 0.6 is 0 Å². The second kappa shape index (κ2) is 11.0. The number of aliphatic hydroxyl groups excluding tert-OH is 4. The third-order valence-electron chi connectivity index (χ3n) is 6.56. The van der Waals surface area contributed by atoms with Crippen LogP contribution in [-0.4, -0.2) is 114 Å². The number of phenolic OH excluding ortho intramolecular Hbond substituents is 1. The molecule has 39 heavy (non-hydrogen) atoms. The predicted molar refractivity (Wildman–Crippen MR) is 128 cm³/mol. The van der Waals surface area contributed by atoms with Crippen LogP contribution in [0, 0.1) is 0 Å². The first kappa shape index (κ1) is 28.0. The van der Waals surface area contributed by atoms with Gasteiger partial charge in [-0.1, -0.05) is 0 Å². The average Bonchev–Trinajstić information content (AvgIpc) is 3.24. The van der Waals surface area contributed by atoms with Crippen LogP contribution in [-0.2, 0) is 25.5 Å². The molecule has 210 valence electrons. The first-order valence-electron chi connectivity index (χ1n) is 11.7. The number of aliphatic imine (C=N–C) groups is 1. The van der Waals surface area contributed by atoms with Gasteiger partial charge in [0, 0.05) is 30.8 Å². The van der Waals surface area contributed by atoms with E-state index in [1.807, 2.05) is 0 Å². The molecule has 3 heterocycles. The number of carbonyl (C=O) groups is 3. The van der Waals surface area contributed by atoms with Crippen LogP contribution in [0.15, 0.2) is 41.1 Å². The van der Waals surface area contributed by atoms with Gasteiger partial charge < -0.3 is 55.2 Å². The van der Waals surface area contributed by atoms with Crippen molar-refractivity contribution in [1.82, 2.24) is 0 Å². The number of hydrogen-bond acceptors (Lipinski definition) is 12. The normalized spacial score (nSPS) is 30.5. The minimum absolute atomic E-state index is 0.0402. The Balaban J connectivity index is 1.64. The molecule has 0 bridgehead atoms. The number of allylic oxidation sites excluding steroid dienone is 1. The fraction of sp³-hybridized carbons (Fsp3) is 0.417. The van der Waals surface area contributed by atoms with Crippen molar-refractivity contribution in [2.45, 2.75) is 55.6 Å². The van der Waals surface area contributed by atoms with E-state index in [2.05, 4.69) is 4.99 Å². The zero-order valence-corrected chi connectivity index (χ0v) is 20.1. The minimum atomic E-state index is -1.76. The van der Waals surface area contributed by atoms with Gasteiger partial charge in [0.05, 0.1) is 6.61 Å². The minimum Gasteiger partial charge on any atom is -0.504 e. The van der Waals surface area contributed by atoms with E-state index in [0.717, 1.165) is 0 Å². The van der Waals surface area contributed by atoms with Gasteiger partial charge in [-0.15, -0.1) is 0 Å². The molecule has 1 saturated heterocycles. The molecule has 15 heteroatoms. The predicted octanol–water partition coefficient (Wildman–Crippen LogP) is -1.79. The van der Waals surface area contributed by atoms with Gasteiger partial charge in [-0.25, -0.2) is 14.4 Å². The molecule has 1 fully saturated rings. The van der Waals surface area contributed by atoms with Gasteiger partial charge in [0.2, 0.25) is 6.29 Å². The van der Waals surface area contributed by atoms with E-state index in [1.54, 1.807) is 0 Å². The number of carboxylic acid groups (broad SMARTS) is 3. The average molecular weight is 550 g/mol. The van der Waals surface area contributed by atoms with Gasteiger partial charge in [0.1, 0.15) is 36.2 Å². The van der Waals surface area contributed by atoms with Gasteiger partial charge in [-0.2, -0.15) is 0 Å². The summed E-state index contributed by atoms with van der Waals surface area (Å²) in [5.41, 5.74) is 0.461. The maximum Gasteiger partial charge on any atom is 0.354 e. The van der Waals surface area contributed by atoms with Gasteiger partial charge in [0.15, 0.2) is 17.5 Å². The SMILES string of the molecule is O=C(O)C1=N[C@H](C(=O)O)CC(/C=C/N2c3cc(O[C@@H]4O[C@H](CO)[C@@H](O)[C@H](O)[C@H]4O)c(O)cc3C[C@H]2C(=O)O)=C1. The molecule has 4 rings (SSSR count). The molecule has 0 radical (unpaired) electrons. The van der Waals surface area contributed by atoms with Gasteiger partial charge in [-0.3, -0.25) is 4.99 Å². The maximum atomic E-state index is 12.0. The Morgan fingerprint density at radius 3 is 2.38 bits per heavy atom. The first-order chi connectivity index (χ1) is 18.4. The van der Waals surface area contributed by atoms with E-state index in [4.69, 9.17) is 9.47 Å².